The summed E-state index contributed by atoms with van der Waals surface area (Å²) in [6, 6.07) is 2.15. The molecule has 1 rings (SSSR count). The molecule has 1 heterocycles. The molecule has 0 amide bonds. The summed E-state index contributed by atoms with van der Waals surface area (Å²) in [4.78, 5) is 0. The SMILES string of the molecule is COC(C)C(C)NCc1ccno1. The Balaban J connectivity index is 2.26. The van der Waals surface area contributed by atoms with E-state index in [1.165, 1.54) is 0 Å². The molecule has 2 atom stereocenters. The van der Waals surface area contributed by atoms with Crippen LogP contribution in [0.2, 0.25) is 0 Å². The monoisotopic (exact) mass is 184 g/mol. The number of hydrogen-bond acceptors (Lipinski definition) is 4. The Morgan fingerprint density at radius 1 is 1.62 bits per heavy atom. The highest BCUT2D eigenvalue weighted by molar-refractivity contribution is 4.92. The lowest BCUT2D eigenvalue weighted by atomic mass is 10.2. The average molecular weight is 184 g/mol. The van der Waals surface area contributed by atoms with Crippen LogP contribution >= 0.6 is 0 Å². The van der Waals surface area contributed by atoms with Crippen molar-refractivity contribution in [3.63, 3.8) is 0 Å². The zero-order valence-corrected chi connectivity index (χ0v) is 8.28. The predicted octanol–water partition coefficient (Wildman–Crippen LogP) is 1.19. The molecule has 4 heteroatoms. The van der Waals surface area contributed by atoms with Crippen LogP contribution in [0.5, 0.6) is 0 Å². The van der Waals surface area contributed by atoms with Gasteiger partial charge in [-0.25, -0.2) is 0 Å². The summed E-state index contributed by atoms with van der Waals surface area (Å²) in [5.41, 5.74) is 0. The van der Waals surface area contributed by atoms with Crippen molar-refractivity contribution in [2.75, 3.05) is 7.11 Å². The van der Waals surface area contributed by atoms with Crippen molar-refractivity contribution in [3.8, 4) is 0 Å². The number of aromatic nitrogens is 1. The number of methoxy groups -OCH3 is 1. The quantitative estimate of drug-likeness (QED) is 0.746. The minimum absolute atomic E-state index is 0.197. The van der Waals surface area contributed by atoms with Gasteiger partial charge in [0.15, 0.2) is 0 Å². The lowest BCUT2D eigenvalue weighted by molar-refractivity contribution is 0.0873. The van der Waals surface area contributed by atoms with E-state index in [9.17, 15) is 0 Å². The molecule has 1 N–H and O–H groups in total. The minimum Gasteiger partial charge on any atom is -0.380 e. The maximum absolute atomic E-state index is 5.17. The predicted molar refractivity (Wildman–Crippen MR) is 49.3 cm³/mol. The van der Waals surface area contributed by atoms with E-state index in [4.69, 9.17) is 9.26 Å². The molecular weight excluding hydrogens is 168 g/mol. The fourth-order valence-electron chi connectivity index (χ4n) is 0.965. The van der Waals surface area contributed by atoms with Gasteiger partial charge in [0.25, 0.3) is 0 Å². The number of ether oxygens (including phenoxy) is 1. The summed E-state index contributed by atoms with van der Waals surface area (Å²) < 4.78 is 10.1. The van der Waals surface area contributed by atoms with Gasteiger partial charge < -0.3 is 14.6 Å². The largest absolute Gasteiger partial charge is 0.380 e. The van der Waals surface area contributed by atoms with Gasteiger partial charge in [-0.1, -0.05) is 5.16 Å². The second-order valence-corrected chi connectivity index (χ2v) is 3.09. The molecule has 0 aliphatic carbocycles. The maximum Gasteiger partial charge on any atom is 0.150 e. The van der Waals surface area contributed by atoms with Crippen LogP contribution in [-0.2, 0) is 11.3 Å². The van der Waals surface area contributed by atoms with Crippen molar-refractivity contribution < 1.29 is 9.26 Å². The molecule has 0 fully saturated rings. The van der Waals surface area contributed by atoms with Crippen LogP contribution in [-0.4, -0.2) is 24.4 Å². The zero-order chi connectivity index (χ0) is 9.68. The smallest absolute Gasteiger partial charge is 0.150 e. The molecule has 0 aliphatic rings. The number of hydrogen-bond donors (Lipinski definition) is 1. The Kier molecular flexibility index (Phi) is 3.92. The van der Waals surface area contributed by atoms with E-state index >= 15 is 0 Å². The second-order valence-electron chi connectivity index (χ2n) is 3.09. The molecule has 2 unspecified atom stereocenters. The van der Waals surface area contributed by atoms with E-state index in [0.717, 1.165) is 5.76 Å². The Labute approximate surface area is 78.2 Å². The van der Waals surface area contributed by atoms with Crippen LogP contribution in [0, 0.1) is 0 Å². The molecule has 4 nitrogen and oxygen atoms in total. The van der Waals surface area contributed by atoms with Gasteiger partial charge in [0.2, 0.25) is 0 Å². The summed E-state index contributed by atoms with van der Waals surface area (Å²) in [7, 11) is 1.71. The first-order valence-electron chi connectivity index (χ1n) is 4.39. The molecule has 0 radical (unpaired) electrons. The molecular formula is C9H16N2O2. The highest BCUT2D eigenvalue weighted by Gasteiger charge is 2.10. The number of rotatable bonds is 5. The maximum atomic E-state index is 5.17. The topological polar surface area (TPSA) is 47.3 Å². The Bertz CT molecular complexity index is 224. The summed E-state index contributed by atoms with van der Waals surface area (Å²) in [6.45, 7) is 4.79. The Hall–Kier alpha value is -0.870. The lowest BCUT2D eigenvalue weighted by Gasteiger charge is -2.18. The van der Waals surface area contributed by atoms with Crippen molar-refractivity contribution in [1.82, 2.24) is 10.5 Å². The van der Waals surface area contributed by atoms with Crippen LogP contribution in [0.4, 0.5) is 0 Å². The third kappa shape index (κ3) is 3.16. The standard InChI is InChI=1S/C9H16N2O2/c1-7(8(2)12-3)10-6-9-4-5-11-13-9/h4-5,7-8,10H,6H2,1-3H3. The minimum atomic E-state index is 0.197. The first-order chi connectivity index (χ1) is 6.24. The van der Waals surface area contributed by atoms with Crippen LogP contribution in [0.3, 0.4) is 0 Å². The highest BCUT2D eigenvalue weighted by Crippen LogP contribution is 2.00. The molecule has 1 aromatic rings. The van der Waals surface area contributed by atoms with Gasteiger partial charge in [0, 0.05) is 19.2 Å². The Morgan fingerprint density at radius 3 is 2.92 bits per heavy atom. The van der Waals surface area contributed by atoms with Gasteiger partial charge in [-0.2, -0.15) is 0 Å². The van der Waals surface area contributed by atoms with E-state index in [1.54, 1.807) is 13.3 Å². The number of nitrogens with zero attached hydrogens (tertiary/aromatic N) is 1. The third-order valence-corrected chi connectivity index (χ3v) is 2.17. The highest BCUT2D eigenvalue weighted by atomic mass is 16.5. The normalized spacial score (nSPS) is 15.6. The molecule has 0 aliphatic heterocycles. The van der Waals surface area contributed by atoms with Crippen LogP contribution < -0.4 is 5.32 Å². The summed E-state index contributed by atoms with van der Waals surface area (Å²) in [5, 5.41) is 6.90. The van der Waals surface area contributed by atoms with Crippen molar-refractivity contribution in [1.29, 1.82) is 0 Å². The van der Waals surface area contributed by atoms with Crippen molar-refractivity contribution in [3.05, 3.63) is 18.0 Å². The van der Waals surface area contributed by atoms with Crippen molar-refractivity contribution >= 4 is 0 Å². The zero-order valence-electron chi connectivity index (χ0n) is 8.28. The molecule has 74 valence electrons. The fourth-order valence-corrected chi connectivity index (χ4v) is 0.965. The molecule has 0 aromatic carbocycles. The van der Waals surface area contributed by atoms with Gasteiger partial charge in [-0.15, -0.1) is 0 Å². The molecule has 1 aromatic heterocycles. The van der Waals surface area contributed by atoms with E-state index in [-0.39, 0.29) is 6.10 Å². The molecule has 0 saturated carbocycles. The van der Waals surface area contributed by atoms with Gasteiger partial charge in [0.05, 0.1) is 18.8 Å². The average Bonchev–Trinajstić information content (AvgIpc) is 2.65. The molecule has 13 heavy (non-hydrogen) atoms. The molecule has 0 bridgehead atoms. The summed E-state index contributed by atoms with van der Waals surface area (Å²) in [6.07, 6.45) is 1.84. The van der Waals surface area contributed by atoms with Crippen LogP contribution in [0.1, 0.15) is 19.6 Å². The number of nitrogens with one attached hydrogen (secondary N) is 1. The van der Waals surface area contributed by atoms with E-state index < -0.39 is 0 Å². The summed E-state index contributed by atoms with van der Waals surface area (Å²) in [5.74, 6) is 0.843. The van der Waals surface area contributed by atoms with E-state index in [1.807, 2.05) is 13.0 Å². The van der Waals surface area contributed by atoms with Crippen molar-refractivity contribution in [2.24, 2.45) is 0 Å². The lowest BCUT2D eigenvalue weighted by Crippen LogP contribution is -2.36. The fraction of sp³-hybridized carbons (Fsp3) is 0.667. The Morgan fingerprint density at radius 2 is 2.38 bits per heavy atom. The van der Waals surface area contributed by atoms with Gasteiger partial charge in [0.1, 0.15) is 5.76 Å². The van der Waals surface area contributed by atoms with E-state index in [0.29, 0.717) is 12.6 Å². The third-order valence-electron chi connectivity index (χ3n) is 2.17. The first kappa shape index (κ1) is 10.2. The van der Waals surface area contributed by atoms with Gasteiger partial charge >= 0.3 is 0 Å². The van der Waals surface area contributed by atoms with Gasteiger partial charge in [-0.3, -0.25) is 0 Å². The molecule has 0 spiro atoms. The van der Waals surface area contributed by atoms with Crippen LogP contribution in [0.25, 0.3) is 0 Å². The van der Waals surface area contributed by atoms with Crippen LogP contribution in [0.15, 0.2) is 16.8 Å². The molecule has 0 saturated heterocycles. The second kappa shape index (κ2) is 4.99. The van der Waals surface area contributed by atoms with Crippen molar-refractivity contribution in [2.45, 2.75) is 32.5 Å². The summed E-state index contributed by atoms with van der Waals surface area (Å²) >= 11 is 0. The van der Waals surface area contributed by atoms with Gasteiger partial charge in [-0.05, 0) is 13.8 Å². The van der Waals surface area contributed by atoms with E-state index in [2.05, 4.69) is 17.4 Å². The first-order valence-corrected chi connectivity index (χ1v) is 4.39.